The number of hydrogen-bond acceptors (Lipinski definition) is 1. The normalized spacial score (nSPS) is 12.6. The highest BCUT2D eigenvalue weighted by Gasteiger charge is 2.19. The van der Waals surface area contributed by atoms with Crippen LogP contribution in [0.1, 0.15) is 24.8 Å². The van der Waals surface area contributed by atoms with Gasteiger partial charge in [0.25, 0.3) is 0 Å². The maximum atomic E-state index is 12.9. The molecule has 1 aromatic carbocycles. The van der Waals surface area contributed by atoms with Crippen molar-refractivity contribution < 1.29 is 13.6 Å². The first kappa shape index (κ1) is 12.9. The molecule has 0 saturated carbocycles. The number of halogens is 3. The monoisotopic (exact) mass is 247 g/mol. The number of alkyl halides is 1. The maximum absolute atomic E-state index is 12.9. The minimum absolute atomic E-state index is 0.0767. The lowest BCUT2D eigenvalue weighted by atomic mass is 10.1. The van der Waals surface area contributed by atoms with Gasteiger partial charge in [-0.25, -0.2) is 8.78 Å². The zero-order valence-electron chi connectivity index (χ0n) is 8.93. The Morgan fingerprint density at radius 3 is 2.19 bits per heavy atom. The molecule has 5 heteroatoms. The van der Waals surface area contributed by atoms with Crippen LogP contribution < -0.4 is 5.32 Å². The molecule has 0 fully saturated rings. The van der Waals surface area contributed by atoms with E-state index in [1.807, 2.05) is 0 Å². The molecular formula is C11H12ClF2NO. The van der Waals surface area contributed by atoms with E-state index in [0.29, 0.717) is 0 Å². The number of rotatable bonds is 3. The minimum atomic E-state index is -1.09. The van der Waals surface area contributed by atoms with Gasteiger partial charge in [-0.3, -0.25) is 4.79 Å². The third-order valence-corrected chi connectivity index (χ3v) is 2.29. The smallest absolute Gasteiger partial charge is 0.242 e. The van der Waals surface area contributed by atoms with Crippen molar-refractivity contribution in [3.8, 4) is 0 Å². The average Bonchev–Trinajstić information content (AvgIpc) is 2.13. The van der Waals surface area contributed by atoms with Crippen LogP contribution in [0.2, 0.25) is 0 Å². The standard InChI is InChI=1S/C11H12ClF2NO/c1-6(2)15-11(16)10(12)7-3-8(13)5-9(14)4-7/h3-6,10H,1-2H3,(H,15,16). The molecule has 1 N–H and O–H groups in total. The summed E-state index contributed by atoms with van der Waals surface area (Å²) in [6, 6.07) is 2.74. The number of amides is 1. The Morgan fingerprint density at radius 1 is 1.25 bits per heavy atom. The lowest BCUT2D eigenvalue weighted by molar-refractivity contribution is -0.121. The van der Waals surface area contributed by atoms with Gasteiger partial charge >= 0.3 is 0 Å². The molecule has 0 bridgehead atoms. The minimum Gasteiger partial charge on any atom is -0.352 e. The lowest BCUT2D eigenvalue weighted by Crippen LogP contribution is -2.32. The van der Waals surface area contributed by atoms with Gasteiger partial charge in [0.05, 0.1) is 0 Å². The van der Waals surface area contributed by atoms with Gasteiger partial charge in [-0.05, 0) is 31.5 Å². The SMILES string of the molecule is CC(C)NC(=O)C(Cl)c1cc(F)cc(F)c1. The molecule has 0 heterocycles. The molecule has 88 valence electrons. The Bertz CT molecular complexity index is 375. The Labute approximate surface area is 97.6 Å². The van der Waals surface area contributed by atoms with Gasteiger partial charge in [0.15, 0.2) is 0 Å². The highest BCUT2D eigenvalue weighted by molar-refractivity contribution is 6.30. The number of hydrogen-bond donors (Lipinski definition) is 1. The first-order valence-corrected chi connectivity index (χ1v) is 5.24. The van der Waals surface area contributed by atoms with Gasteiger partial charge in [0, 0.05) is 12.1 Å². The highest BCUT2D eigenvalue weighted by atomic mass is 35.5. The van der Waals surface area contributed by atoms with Crippen LogP contribution in [0.3, 0.4) is 0 Å². The summed E-state index contributed by atoms with van der Waals surface area (Å²) in [5.74, 6) is -1.97. The van der Waals surface area contributed by atoms with Gasteiger partial charge in [0.2, 0.25) is 5.91 Å². The van der Waals surface area contributed by atoms with Crippen molar-refractivity contribution in [1.82, 2.24) is 5.32 Å². The van der Waals surface area contributed by atoms with E-state index in [4.69, 9.17) is 11.6 Å². The molecule has 1 aromatic rings. The summed E-state index contributed by atoms with van der Waals surface area (Å²) in [5, 5.41) is 1.47. The molecule has 1 amide bonds. The van der Waals surface area contributed by atoms with Crippen LogP contribution in [0.25, 0.3) is 0 Å². The Morgan fingerprint density at radius 2 is 1.75 bits per heavy atom. The van der Waals surface area contributed by atoms with E-state index < -0.39 is 22.9 Å². The zero-order valence-corrected chi connectivity index (χ0v) is 9.68. The maximum Gasteiger partial charge on any atom is 0.242 e. The number of carbonyl (C=O) groups excluding carboxylic acids is 1. The van der Waals surface area contributed by atoms with Gasteiger partial charge in [-0.2, -0.15) is 0 Å². The largest absolute Gasteiger partial charge is 0.352 e. The molecule has 0 spiro atoms. The van der Waals surface area contributed by atoms with E-state index in [2.05, 4.69) is 5.32 Å². The molecule has 2 nitrogen and oxygen atoms in total. The van der Waals surface area contributed by atoms with Gasteiger partial charge in [-0.15, -0.1) is 11.6 Å². The van der Waals surface area contributed by atoms with Crippen molar-refractivity contribution in [2.75, 3.05) is 0 Å². The van der Waals surface area contributed by atoms with Crippen molar-refractivity contribution in [3.63, 3.8) is 0 Å². The molecule has 1 atom stereocenters. The quantitative estimate of drug-likeness (QED) is 0.818. The van der Waals surface area contributed by atoms with Crippen LogP contribution in [0.4, 0.5) is 8.78 Å². The third kappa shape index (κ3) is 3.45. The van der Waals surface area contributed by atoms with Gasteiger partial charge in [-0.1, -0.05) is 0 Å². The fraction of sp³-hybridized carbons (Fsp3) is 0.364. The summed E-state index contributed by atoms with van der Waals surface area (Å²) in [4.78, 5) is 11.5. The van der Waals surface area contributed by atoms with Crippen LogP contribution >= 0.6 is 11.6 Å². The average molecular weight is 248 g/mol. The predicted molar refractivity (Wildman–Crippen MR) is 58.2 cm³/mol. The molecule has 0 saturated heterocycles. The van der Waals surface area contributed by atoms with Crippen LogP contribution in [0.5, 0.6) is 0 Å². The van der Waals surface area contributed by atoms with E-state index in [9.17, 15) is 13.6 Å². The first-order chi connectivity index (χ1) is 7.40. The molecule has 0 aliphatic rings. The number of benzene rings is 1. The summed E-state index contributed by atoms with van der Waals surface area (Å²) in [7, 11) is 0. The van der Waals surface area contributed by atoms with E-state index in [-0.39, 0.29) is 11.6 Å². The molecule has 1 rings (SSSR count). The van der Waals surface area contributed by atoms with Crippen molar-refractivity contribution in [2.45, 2.75) is 25.3 Å². The molecule has 16 heavy (non-hydrogen) atoms. The molecule has 0 aliphatic heterocycles. The van der Waals surface area contributed by atoms with Gasteiger partial charge < -0.3 is 5.32 Å². The molecular weight excluding hydrogens is 236 g/mol. The van der Waals surface area contributed by atoms with Crippen molar-refractivity contribution >= 4 is 17.5 Å². The number of nitrogens with one attached hydrogen (secondary N) is 1. The van der Waals surface area contributed by atoms with Gasteiger partial charge in [0.1, 0.15) is 17.0 Å². The number of carbonyl (C=O) groups is 1. The highest BCUT2D eigenvalue weighted by Crippen LogP contribution is 2.22. The van der Waals surface area contributed by atoms with Crippen LogP contribution in [-0.4, -0.2) is 11.9 Å². The van der Waals surface area contributed by atoms with Crippen molar-refractivity contribution in [1.29, 1.82) is 0 Å². The summed E-state index contributed by atoms with van der Waals surface area (Å²) in [5.41, 5.74) is 0.109. The summed E-state index contributed by atoms with van der Waals surface area (Å²) in [6.45, 7) is 3.54. The lowest BCUT2D eigenvalue weighted by Gasteiger charge is -2.13. The predicted octanol–water partition coefficient (Wildman–Crippen LogP) is 2.77. The van der Waals surface area contributed by atoms with Crippen molar-refractivity contribution in [3.05, 3.63) is 35.4 Å². The van der Waals surface area contributed by atoms with Crippen LogP contribution in [-0.2, 0) is 4.79 Å². The van der Waals surface area contributed by atoms with E-state index >= 15 is 0 Å². The molecule has 0 radical (unpaired) electrons. The Kier molecular flexibility index (Phi) is 4.24. The fourth-order valence-electron chi connectivity index (χ4n) is 1.23. The Hall–Kier alpha value is -1.16. The van der Waals surface area contributed by atoms with E-state index in [1.165, 1.54) is 0 Å². The molecule has 0 aromatic heterocycles. The molecule has 1 unspecified atom stereocenters. The molecule has 0 aliphatic carbocycles. The summed E-state index contributed by atoms with van der Waals surface area (Å²) >= 11 is 5.80. The second-order valence-corrected chi connectivity index (χ2v) is 4.17. The summed E-state index contributed by atoms with van der Waals surface area (Å²) in [6.07, 6.45) is 0. The van der Waals surface area contributed by atoms with E-state index in [0.717, 1.165) is 18.2 Å². The zero-order chi connectivity index (χ0) is 12.3. The second kappa shape index (κ2) is 5.25. The third-order valence-electron chi connectivity index (χ3n) is 1.84. The Balaban J connectivity index is 2.87. The van der Waals surface area contributed by atoms with E-state index in [1.54, 1.807) is 13.8 Å². The van der Waals surface area contributed by atoms with Crippen molar-refractivity contribution in [2.24, 2.45) is 0 Å². The summed E-state index contributed by atoms with van der Waals surface area (Å²) < 4.78 is 25.8. The van der Waals surface area contributed by atoms with Crippen LogP contribution in [0.15, 0.2) is 18.2 Å². The first-order valence-electron chi connectivity index (χ1n) is 4.80. The fourth-order valence-corrected chi connectivity index (χ4v) is 1.42. The topological polar surface area (TPSA) is 29.1 Å². The van der Waals surface area contributed by atoms with Crippen LogP contribution in [0, 0.1) is 11.6 Å². The second-order valence-electron chi connectivity index (χ2n) is 3.73.